The van der Waals surface area contributed by atoms with Gasteiger partial charge >= 0.3 is 0 Å². The van der Waals surface area contributed by atoms with Crippen LogP contribution < -0.4 is 10.6 Å². The van der Waals surface area contributed by atoms with Gasteiger partial charge < -0.3 is 15.7 Å². The normalized spacial score (nSPS) is 33.7. The molecule has 0 aromatic carbocycles. The van der Waals surface area contributed by atoms with Gasteiger partial charge in [-0.05, 0) is 19.8 Å². The number of carbonyl (C=O) groups is 2. The summed E-state index contributed by atoms with van der Waals surface area (Å²) in [6, 6.07) is 0. The molecule has 2 fully saturated rings. The predicted molar refractivity (Wildman–Crippen MR) is 48.3 cm³/mol. The van der Waals surface area contributed by atoms with Gasteiger partial charge in [0.15, 0.2) is 0 Å². The molecule has 14 heavy (non-hydrogen) atoms. The molecular formula is C9H14N2O3. The number of β-amino-alcohol motifs (C(OH)–C–C–N with tert-alkyl or cyclic N) is 1. The summed E-state index contributed by atoms with van der Waals surface area (Å²) in [6.45, 7) is 2.11. The summed E-state index contributed by atoms with van der Waals surface area (Å²) in [5.74, 6) is -1.65. The summed E-state index contributed by atoms with van der Waals surface area (Å²) >= 11 is 0. The van der Waals surface area contributed by atoms with Crippen LogP contribution in [0.5, 0.6) is 0 Å². The molecule has 1 aliphatic heterocycles. The Morgan fingerprint density at radius 3 is 2.71 bits per heavy atom. The molecule has 1 saturated heterocycles. The Morgan fingerprint density at radius 2 is 2.29 bits per heavy atom. The first kappa shape index (κ1) is 9.45. The van der Waals surface area contributed by atoms with Gasteiger partial charge in [0.1, 0.15) is 5.92 Å². The van der Waals surface area contributed by atoms with Crippen LogP contribution in [-0.4, -0.2) is 35.1 Å². The summed E-state index contributed by atoms with van der Waals surface area (Å²) in [6.07, 6.45) is 1.01. The van der Waals surface area contributed by atoms with E-state index in [1.807, 2.05) is 6.92 Å². The molecule has 0 radical (unpaired) electrons. The summed E-state index contributed by atoms with van der Waals surface area (Å²) in [4.78, 5) is 22.8. The van der Waals surface area contributed by atoms with Crippen molar-refractivity contribution in [3.05, 3.63) is 0 Å². The monoisotopic (exact) mass is 198 g/mol. The number of nitrogens with one attached hydrogen (secondary N) is 2. The van der Waals surface area contributed by atoms with E-state index in [1.54, 1.807) is 0 Å². The van der Waals surface area contributed by atoms with Gasteiger partial charge in [0, 0.05) is 12.1 Å². The molecule has 1 heterocycles. The van der Waals surface area contributed by atoms with E-state index in [4.69, 9.17) is 0 Å². The lowest BCUT2D eigenvalue weighted by atomic mass is 10.0. The van der Waals surface area contributed by atoms with E-state index in [2.05, 4.69) is 10.6 Å². The van der Waals surface area contributed by atoms with Crippen molar-refractivity contribution < 1.29 is 14.7 Å². The van der Waals surface area contributed by atoms with E-state index >= 15 is 0 Å². The molecule has 5 heteroatoms. The lowest BCUT2D eigenvalue weighted by Crippen LogP contribution is -2.44. The fourth-order valence-corrected chi connectivity index (χ4v) is 1.59. The maximum absolute atomic E-state index is 11.6. The molecule has 0 aromatic rings. The molecular weight excluding hydrogens is 184 g/mol. The fraction of sp³-hybridized carbons (Fsp3) is 0.778. The Labute approximate surface area is 81.9 Å². The molecule has 2 amide bonds. The highest BCUT2D eigenvalue weighted by atomic mass is 16.3. The third-order valence-corrected chi connectivity index (χ3v) is 2.86. The first-order chi connectivity index (χ1) is 6.52. The van der Waals surface area contributed by atoms with Crippen LogP contribution in [0, 0.1) is 5.92 Å². The van der Waals surface area contributed by atoms with Crippen molar-refractivity contribution in [3.63, 3.8) is 0 Å². The molecule has 0 bridgehead atoms. The topological polar surface area (TPSA) is 78.4 Å². The van der Waals surface area contributed by atoms with Gasteiger partial charge in [-0.2, -0.15) is 0 Å². The van der Waals surface area contributed by atoms with E-state index in [0.717, 1.165) is 12.8 Å². The van der Waals surface area contributed by atoms with E-state index in [9.17, 15) is 14.7 Å². The summed E-state index contributed by atoms with van der Waals surface area (Å²) in [5.41, 5.74) is -0.139. The largest absolute Gasteiger partial charge is 0.390 e. The standard InChI is InChI=1S/C9H14N2O3/c1-9(2-3-9)11-8(14)6-5(12)4-10-7(6)13/h5-6,12H,2-4H2,1H3,(H,10,13)(H,11,14). The van der Waals surface area contributed by atoms with Gasteiger partial charge in [0.25, 0.3) is 0 Å². The van der Waals surface area contributed by atoms with Gasteiger partial charge in [-0.15, -0.1) is 0 Å². The van der Waals surface area contributed by atoms with Crippen LogP contribution in [0.4, 0.5) is 0 Å². The van der Waals surface area contributed by atoms with Gasteiger partial charge in [-0.3, -0.25) is 9.59 Å². The molecule has 3 N–H and O–H groups in total. The van der Waals surface area contributed by atoms with Crippen LogP contribution in [0.2, 0.25) is 0 Å². The molecule has 1 saturated carbocycles. The van der Waals surface area contributed by atoms with Crippen molar-refractivity contribution in [2.45, 2.75) is 31.4 Å². The lowest BCUT2D eigenvalue weighted by molar-refractivity contribution is -0.136. The van der Waals surface area contributed by atoms with E-state index in [1.165, 1.54) is 0 Å². The number of aliphatic hydroxyl groups is 1. The highest BCUT2D eigenvalue weighted by Crippen LogP contribution is 2.34. The fourth-order valence-electron chi connectivity index (χ4n) is 1.59. The van der Waals surface area contributed by atoms with Crippen molar-refractivity contribution in [1.29, 1.82) is 0 Å². The Hall–Kier alpha value is -1.10. The van der Waals surface area contributed by atoms with Gasteiger partial charge in [-0.25, -0.2) is 0 Å². The molecule has 2 atom stereocenters. The molecule has 5 nitrogen and oxygen atoms in total. The van der Waals surface area contributed by atoms with Crippen LogP contribution in [0.3, 0.4) is 0 Å². The Kier molecular flexibility index (Phi) is 1.99. The third kappa shape index (κ3) is 1.59. The van der Waals surface area contributed by atoms with E-state index in [-0.39, 0.29) is 23.9 Å². The Balaban J connectivity index is 1.99. The number of hydrogen-bond donors (Lipinski definition) is 3. The van der Waals surface area contributed by atoms with Crippen molar-refractivity contribution in [2.75, 3.05) is 6.54 Å². The zero-order chi connectivity index (χ0) is 10.3. The number of rotatable bonds is 2. The average Bonchev–Trinajstić information content (AvgIpc) is 2.70. The first-order valence-corrected chi connectivity index (χ1v) is 4.80. The third-order valence-electron chi connectivity index (χ3n) is 2.86. The van der Waals surface area contributed by atoms with Crippen LogP contribution in [0.1, 0.15) is 19.8 Å². The zero-order valence-corrected chi connectivity index (χ0v) is 8.04. The predicted octanol–water partition coefficient (Wildman–Crippen LogP) is -1.24. The lowest BCUT2D eigenvalue weighted by Gasteiger charge is -2.16. The van der Waals surface area contributed by atoms with Crippen molar-refractivity contribution >= 4 is 11.8 Å². The molecule has 78 valence electrons. The number of hydrogen-bond acceptors (Lipinski definition) is 3. The second-order valence-electron chi connectivity index (χ2n) is 4.34. The van der Waals surface area contributed by atoms with Crippen LogP contribution in [0.15, 0.2) is 0 Å². The maximum atomic E-state index is 11.6. The van der Waals surface area contributed by atoms with Crippen LogP contribution in [-0.2, 0) is 9.59 Å². The van der Waals surface area contributed by atoms with Gasteiger partial charge in [0.2, 0.25) is 11.8 Å². The van der Waals surface area contributed by atoms with E-state index < -0.39 is 12.0 Å². The number of aliphatic hydroxyl groups excluding tert-OH is 1. The van der Waals surface area contributed by atoms with Crippen molar-refractivity contribution in [3.8, 4) is 0 Å². The molecule has 2 rings (SSSR count). The van der Waals surface area contributed by atoms with Crippen LogP contribution in [0.25, 0.3) is 0 Å². The SMILES string of the molecule is CC1(NC(=O)C2C(=O)NCC2O)CC1. The molecule has 2 aliphatic rings. The summed E-state index contributed by atoms with van der Waals surface area (Å²) in [5, 5.41) is 14.6. The smallest absolute Gasteiger partial charge is 0.235 e. The Morgan fingerprint density at radius 1 is 1.64 bits per heavy atom. The van der Waals surface area contributed by atoms with E-state index in [0.29, 0.717) is 0 Å². The summed E-state index contributed by atoms with van der Waals surface area (Å²) < 4.78 is 0. The average molecular weight is 198 g/mol. The summed E-state index contributed by atoms with van der Waals surface area (Å²) in [7, 11) is 0. The van der Waals surface area contributed by atoms with Gasteiger partial charge in [-0.1, -0.05) is 0 Å². The Bertz CT molecular complexity index is 286. The van der Waals surface area contributed by atoms with Crippen molar-refractivity contribution in [2.24, 2.45) is 5.92 Å². The maximum Gasteiger partial charge on any atom is 0.235 e. The van der Waals surface area contributed by atoms with Gasteiger partial charge in [0.05, 0.1) is 6.10 Å². The molecule has 0 spiro atoms. The first-order valence-electron chi connectivity index (χ1n) is 4.80. The minimum Gasteiger partial charge on any atom is -0.390 e. The highest BCUT2D eigenvalue weighted by molar-refractivity contribution is 6.02. The van der Waals surface area contributed by atoms with Crippen molar-refractivity contribution in [1.82, 2.24) is 10.6 Å². The molecule has 1 aliphatic carbocycles. The quantitative estimate of drug-likeness (QED) is 0.486. The number of amides is 2. The second kappa shape index (κ2) is 2.95. The second-order valence-corrected chi connectivity index (χ2v) is 4.34. The molecule has 2 unspecified atom stereocenters. The highest BCUT2D eigenvalue weighted by Gasteiger charge is 2.45. The minimum atomic E-state index is -0.924. The zero-order valence-electron chi connectivity index (χ0n) is 8.04. The number of carbonyl (C=O) groups excluding carboxylic acids is 2. The minimum absolute atomic E-state index is 0.139. The van der Waals surface area contributed by atoms with Crippen LogP contribution >= 0.6 is 0 Å². The molecule has 0 aromatic heterocycles.